The Kier molecular flexibility index (Phi) is 6.10. The van der Waals surface area contributed by atoms with Gasteiger partial charge in [0.25, 0.3) is 0 Å². The molecule has 1 aromatic heterocycles. The fourth-order valence-electron chi connectivity index (χ4n) is 5.54. The molecule has 164 valence electrons. The Morgan fingerprint density at radius 1 is 1.20 bits per heavy atom. The van der Waals surface area contributed by atoms with Crippen molar-refractivity contribution in [3.05, 3.63) is 35.5 Å². The van der Waals surface area contributed by atoms with Gasteiger partial charge in [-0.25, -0.2) is 4.79 Å². The maximum Gasteiger partial charge on any atom is 0.317 e. The van der Waals surface area contributed by atoms with Crippen molar-refractivity contribution in [1.29, 1.82) is 0 Å². The van der Waals surface area contributed by atoms with Crippen LogP contribution in [0.4, 0.5) is 4.79 Å². The minimum absolute atomic E-state index is 0.0855. The molecule has 5 nitrogen and oxygen atoms in total. The molecule has 0 aliphatic carbocycles. The first-order chi connectivity index (χ1) is 14.3. The molecule has 2 atom stereocenters. The second-order valence-corrected chi connectivity index (χ2v) is 10.2. The van der Waals surface area contributed by atoms with Crippen LogP contribution in [0.3, 0.4) is 0 Å². The molecule has 4 rings (SSSR count). The summed E-state index contributed by atoms with van der Waals surface area (Å²) in [6, 6.07) is 8.64. The molecule has 2 aliphatic heterocycles. The number of benzene rings is 1. The number of aromatic nitrogens is 1. The summed E-state index contributed by atoms with van der Waals surface area (Å²) in [5.41, 5.74) is 4.03. The third kappa shape index (κ3) is 4.36. The van der Waals surface area contributed by atoms with Gasteiger partial charge in [0.2, 0.25) is 0 Å². The SMILES string of the molecule is Cc1[nH]c2ccccc2c1C1CCN(C(=O)NC[C@H]2CCCO[C@H]2C(C)(C)C)CC1. The Bertz CT molecular complexity index is 874. The highest BCUT2D eigenvalue weighted by molar-refractivity contribution is 5.85. The number of aryl methyl sites for hydroxylation is 1. The maximum atomic E-state index is 12.8. The Morgan fingerprint density at radius 2 is 1.93 bits per heavy atom. The molecule has 2 amide bonds. The number of carbonyl (C=O) groups excluding carboxylic acids is 1. The summed E-state index contributed by atoms with van der Waals surface area (Å²) in [5.74, 6) is 0.913. The van der Waals surface area contributed by atoms with E-state index in [-0.39, 0.29) is 17.6 Å². The van der Waals surface area contributed by atoms with E-state index >= 15 is 0 Å². The van der Waals surface area contributed by atoms with Crippen molar-refractivity contribution in [3.8, 4) is 0 Å². The van der Waals surface area contributed by atoms with Crippen LogP contribution < -0.4 is 5.32 Å². The Hall–Kier alpha value is -2.01. The van der Waals surface area contributed by atoms with Crippen LogP contribution in [0.25, 0.3) is 10.9 Å². The first-order valence-electron chi connectivity index (χ1n) is 11.6. The van der Waals surface area contributed by atoms with E-state index in [0.717, 1.165) is 45.4 Å². The van der Waals surface area contributed by atoms with Gasteiger partial charge in [-0.05, 0) is 55.6 Å². The van der Waals surface area contributed by atoms with Crippen molar-refractivity contribution in [2.45, 2.75) is 65.4 Å². The van der Waals surface area contributed by atoms with Crippen molar-refractivity contribution < 1.29 is 9.53 Å². The van der Waals surface area contributed by atoms with Crippen LogP contribution in [0.5, 0.6) is 0 Å². The second-order valence-electron chi connectivity index (χ2n) is 10.2. The molecule has 2 N–H and O–H groups in total. The van der Waals surface area contributed by atoms with Gasteiger partial charge in [0, 0.05) is 48.8 Å². The number of nitrogens with zero attached hydrogens (tertiary/aromatic N) is 1. The zero-order valence-corrected chi connectivity index (χ0v) is 19.0. The fourth-order valence-corrected chi connectivity index (χ4v) is 5.54. The highest BCUT2D eigenvalue weighted by Crippen LogP contribution is 2.36. The molecule has 1 aromatic carbocycles. The molecule has 2 aromatic rings. The number of nitrogens with one attached hydrogen (secondary N) is 2. The van der Waals surface area contributed by atoms with Crippen molar-refractivity contribution in [1.82, 2.24) is 15.2 Å². The monoisotopic (exact) mass is 411 g/mol. The largest absolute Gasteiger partial charge is 0.377 e. The van der Waals surface area contributed by atoms with Gasteiger partial charge in [-0.2, -0.15) is 0 Å². The standard InChI is InChI=1S/C25H37N3O2/c1-17-22(20-9-5-6-10-21(20)27-17)18-11-13-28(14-12-18)24(29)26-16-19-8-7-15-30-23(19)25(2,3)4/h5-6,9-10,18-19,23,27H,7-8,11-16H2,1-4H3,(H,26,29)/t19-,23-/m1/s1. The molecule has 5 heteroatoms. The van der Waals surface area contributed by atoms with Gasteiger partial charge in [0.1, 0.15) is 0 Å². The van der Waals surface area contributed by atoms with E-state index in [4.69, 9.17) is 4.74 Å². The smallest absolute Gasteiger partial charge is 0.317 e. The van der Waals surface area contributed by atoms with E-state index < -0.39 is 0 Å². The number of aromatic amines is 1. The van der Waals surface area contributed by atoms with Crippen LogP contribution in [-0.4, -0.2) is 48.3 Å². The molecule has 0 radical (unpaired) electrons. The average molecular weight is 412 g/mol. The van der Waals surface area contributed by atoms with Crippen LogP contribution in [0.1, 0.15) is 63.6 Å². The van der Waals surface area contributed by atoms with Gasteiger partial charge in [-0.3, -0.25) is 0 Å². The molecular formula is C25H37N3O2. The lowest BCUT2D eigenvalue weighted by molar-refractivity contribution is -0.0839. The predicted octanol–water partition coefficient (Wildman–Crippen LogP) is 5.21. The van der Waals surface area contributed by atoms with E-state index in [1.54, 1.807) is 0 Å². The van der Waals surface area contributed by atoms with Crippen molar-refractivity contribution >= 4 is 16.9 Å². The highest BCUT2D eigenvalue weighted by Gasteiger charge is 2.36. The van der Waals surface area contributed by atoms with Crippen molar-refractivity contribution in [3.63, 3.8) is 0 Å². The molecule has 0 unspecified atom stereocenters. The molecule has 30 heavy (non-hydrogen) atoms. The quantitative estimate of drug-likeness (QED) is 0.729. The summed E-state index contributed by atoms with van der Waals surface area (Å²) in [6.45, 7) is 12.1. The molecule has 2 aliphatic rings. The Labute approximate surface area is 180 Å². The lowest BCUT2D eigenvalue weighted by Crippen LogP contribution is -2.49. The molecule has 2 saturated heterocycles. The fraction of sp³-hybridized carbons (Fsp3) is 0.640. The van der Waals surface area contributed by atoms with Crippen LogP contribution in [0, 0.1) is 18.3 Å². The molecule has 0 saturated carbocycles. The summed E-state index contributed by atoms with van der Waals surface area (Å²) in [5, 5.41) is 4.55. The zero-order chi connectivity index (χ0) is 21.3. The van der Waals surface area contributed by atoms with Crippen molar-refractivity contribution in [2.24, 2.45) is 11.3 Å². The van der Waals surface area contributed by atoms with Gasteiger partial charge < -0.3 is 19.9 Å². The number of likely N-dealkylation sites (tertiary alicyclic amines) is 1. The third-order valence-corrected chi connectivity index (χ3v) is 6.95. The van der Waals surface area contributed by atoms with Gasteiger partial charge in [-0.15, -0.1) is 0 Å². The number of hydrogen-bond donors (Lipinski definition) is 2. The van der Waals surface area contributed by atoms with Crippen LogP contribution >= 0.6 is 0 Å². The molecule has 0 bridgehead atoms. The van der Waals surface area contributed by atoms with Gasteiger partial charge in [-0.1, -0.05) is 39.0 Å². The minimum atomic E-state index is 0.0855. The number of ether oxygens (including phenoxy) is 1. The number of fused-ring (bicyclic) bond motifs is 1. The van der Waals surface area contributed by atoms with E-state index in [9.17, 15) is 4.79 Å². The first kappa shape index (κ1) is 21.2. The number of amides is 2. The number of para-hydroxylation sites is 1. The van der Waals surface area contributed by atoms with Gasteiger partial charge >= 0.3 is 6.03 Å². The molecule has 0 spiro atoms. The summed E-state index contributed by atoms with van der Waals surface area (Å²) >= 11 is 0. The summed E-state index contributed by atoms with van der Waals surface area (Å²) < 4.78 is 6.07. The minimum Gasteiger partial charge on any atom is -0.377 e. The Balaban J connectivity index is 1.33. The average Bonchev–Trinajstić information content (AvgIpc) is 3.07. The van der Waals surface area contributed by atoms with E-state index in [0.29, 0.717) is 18.4 Å². The van der Waals surface area contributed by atoms with Gasteiger partial charge in [0.15, 0.2) is 0 Å². The lowest BCUT2D eigenvalue weighted by atomic mass is 9.78. The third-order valence-electron chi connectivity index (χ3n) is 6.95. The van der Waals surface area contributed by atoms with Crippen LogP contribution in [0.2, 0.25) is 0 Å². The number of urea groups is 1. The first-order valence-corrected chi connectivity index (χ1v) is 11.6. The maximum absolute atomic E-state index is 12.8. The van der Waals surface area contributed by atoms with Gasteiger partial charge in [0.05, 0.1) is 6.10 Å². The normalized spacial score (nSPS) is 23.7. The molecular weight excluding hydrogens is 374 g/mol. The zero-order valence-electron chi connectivity index (χ0n) is 19.0. The van der Waals surface area contributed by atoms with E-state index in [1.165, 1.54) is 22.2 Å². The summed E-state index contributed by atoms with van der Waals surface area (Å²) in [6.07, 6.45) is 4.47. The van der Waals surface area contributed by atoms with E-state index in [2.05, 4.69) is 62.3 Å². The second kappa shape index (κ2) is 8.62. The number of hydrogen-bond acceptors (Lipinski definition) is 2. The number of H-pyrrole nitrogens is 1. The highest BCUT2D eigenvalue weighted by atomic mass is 16.5. The summed E-state index contributed by atoms with van der Waals surface area (Å²) in [7, 11) is 0. The topological polar surface area (TPSA) is 57.4 Å². The summed E-state index contributed by atoms with van der Waals surface area (Å²) in [4.78, 5) is 18.4. The predicted molar refractivity (Wildman–Crippen MR) is 122 cm³/mol. The van der Waals surface area contributed by atoms with Crippen LogP contribution in [0.15, 0.2) is 24.3 Å². The lowest BCUT2D eigenvalue weighted by Gasteiger charge is -2.40. The number of carbonyl (C=O) groups is 1. The molecule has 3 heterocycles. The Morgan fingerprint density at radius 3 is 2.67 bits per heavy atom. The van der Waals surface area contributed by atoms with Crippen molar-refractivity contribution in [2.75, 3.05) is 26.2 Å². The number of rotatable bonds is 3. The molecule has 2 fully saturated rings. The number of piperidine rings is 1. The van der Waals surface area contributed by atoms with E-state index in [1.807, 2.05) is 4.90 Å². The van der Waals surface area contributed by atoms with Crippen LogP contribution in [-0.2, 0) is 4.74 Å².